The number of aromatic nitrogens is 3. The third-order valence-electron chi connectivity index (χ3n) is 4.34. The van der Waals surface area contributed by atoms with E-state index in [1.807, 2.05) is 79.2 Å². The largest absolute Gasteiger partial charge is 0.351 e. The number of H-pyrrole nitrogens is 1. The molecule has 0 unspecified atom stereocenters. The molecular formula is C21H20N4O. The number of carbonyl (C=O) groups is 1. The van der Waals surface area contributed by atoms with E-state index in [4.69, 9.17) is 0 Å². The Labute approximate surface area is 151 Å². The van der Waals surface area contributed by atoms with Gasteiger partial charge in [-0.2, -0.15) is 5.10 Å². The monoisotopic (exact) mass is 344 g/mol. The summed E-state index contributed by atoms with van der Waals surface area (Å²) in [5, 5.41) is 8.50. The van der Waals surface area contributed by atoms with Gasteiger partial charge in [0.1, 0.15) is 11.5 Å². The first-order chi connectivity index (χ1) is 12.6. The van der Waals surface area contributed by atoms with Crippen LogP contribution in [0, 0.1) is 13.8 Å². The fourth-order valence-electron chi connectivity index (χ4n) is 3.07. The maximum absolute atomic E-state index is 12.7. The lowest BCUT2D eigenvalue weighted by atomic mass is 10.2. The molecule has 4 aromatic rings. The number of fused-ring (bicyclic) bond motifs is 1. The summed E-state index contributed by atoms with van der Waals surface area (Å²) in [4.78, 5) is 15.9. The molecule has 0 atom stereocenters. The van der Waals surface area contributed by atoms with E-state index in [1.54, 1.807) is 0 Å². The molecule has 130 valence electrons. The van der Waals surface area contributed by atoms with Crippen LogP contribution < -0.4 is 5.32 Å². The number of nitrogens with one attached hydrogen (secondary N) is 2. The Balaban J connectivity index is 1.59. The average Bonchev–Trinajstić information content (AvgIpc) is 3.19. The van der Waals surface area contributed by atoms with E-state index in [-0.39, 0.29) is 5.91 Å². The molecule has 0 radical (unpaired) electrons. The molecule has 5 heteroatoms. The highest BCUT2D eigenvalue weighted by Crippen LogP contribution is 2.19. The van der Waals surface area contributed by atoms with Gasteiger partial charge in [-0.05, 0) is 37.1 Å². The van der Waals surface area contributed by atoms with Crippen LogP contribution >= 0.6 is 0 Å². The Hall–Kier alpha value is -3.34. The molecule has 0 aliphatic carbocycles. The van der Waals surface area contributed by atoms with Crippen molar-refractivity contribution in [1.82, 2.24) is 14.8 Å². The van der Waals surface area contributed by atoms with Crippen LogP contribution in [-0.2, 0) is 6.54 Å². The number of aromatic amines is 1. The average molecular weight is 344 g/mol. The summed E-state index contributed by atoms with van der Waals surface area (Å²) in [6, 6.07) is 19.9. The molecule has 2 heterocycles. The molecule has 4 rings (SSSR count). The lowest BCUT2D eigenvalue weighted by molar-refractivity contribution is 0.102. The van der Waals surface area contributed by atoms with E-state index >= 15 is 0 Å². The third-order valence-corrected chi connectivity index (χ3v) is 4.34. The predicted octanol–water partition coefficient (Wildman–Crippen LogP) is 4.28. The zero-order chi connectivity index (χ0) is 18.1. The van der Waals surface area contributed by atoms with Crippen molar-refractivity contribution in [3.63, 3.8) is 0 Å². The van der Waals surface area contributed by atoms with Crippen molar-refractivity contribution in [2.75, 3.05) is 5.32 Å². The van der Waals surface area contributed by atoms with Crippen LogP contribution in [0.3, 0.4) is 0 Å². The SMILES string of the molecule is Cc1ccc2cc(C(=O)Nc3cc(C)nn3Cc3ccccc3)[nH]c2c1. The maximum atomic E-state index is 12.7. The van der Waals surface area contributed by atoms with Gasteiger partial charge in [-0.1, -0.05) is 42.5 Å². The van der Waals surface area contributed by atoms with Crippen molar-refractivity contribution in [3.05, 3.63) is 83.2 Å². The fourth-order valence-corrected chi connectivity index (χ4v) is 3.07. The Morgan fingerprint density at radius 3 is 2.69 bits per heavy atom. The van der Waals surface area contributed by atoms with E-state index in [1.165, 1.54) is 0 Å². The first-order valence-corrected chi connectivity index (χ1v) is 8.57. The second-order valence-corrected chi connectivity index (χ2v) is 6.54. The summed E-state index contributed by atoms with van der Waals surface area (Å²) in [6.45, 7) is 4.56. The molecule has 0 aliphatic heterocycles. The number of anilines is 1. The fraction of sp³-hybridized carbons (Fsp3) is 0.143. The van der Waals surface area contributed by atoms with Gasteiger partial charge < -0.3 is 10.3 Å². The van der Waals surface area contributed by atoms with Gasteiger partial charge in [0.25, 0.3) is 5.91 Å². The number of carbonyl (C=O) groups excluding carboxylic acids is 1. The number of nitrogens with zero attached hydrogens (tertiary/aromatic N) is 2. The summed E-state index contributed by atoms with van der Waals surface area (Å²) in [5.41, 5.74) is 4.65. The minimum absolute atomic E-state index is 0.173. The highest BCUT2D eigenvalue weighted by molar-refractivity contribution is 6.05. The van der Waals surface area contributed by atoms with Gasteiger partial charge in [-0.15, -0.1) is 0 Å². The van der Waals surface area contributed by atoms with E-state index in [2.05, 4.69) is 15.4 Å². The Morgan fingerprint density at radius 2 is 1.88 bits per heavy atom. The molecule has 0 saturated carbocycles. The molecule has 0 saturated heterocycles. The Morgan fingerprint density at radius 1 is 1.08 bits per heavy atom. The van der Waals surface area contributed by atoms with Gasteiger partial charge >= 0.3 is 0 Å². The number of hydrogen-bond acceptors (Lipinski definition) is 2. The quantitative estimate of drug-likeness (QED) is 0.580. The topological polar surface area (TPSA) is 62.7 Å². The van der Waals surface area contributed by atoms with Gasteiger partial charge in [0.15, 0.2) is 0 Å². The second-order valence-electron chi connectivity index (χ2n) is 6.54. The van der Waals surface area contributed by atoms with Crippen LogP contribution in [0.1, 0.15) is 27.3 Å². The highest BCUT2D eigenvalue weighted by atomic mass is 16.2. The molecular weight excluding hydrogens is 324 g/mol. The van der Waals surface area contributed by atoms with E-state index in [0.29, 0.717) is 18.1 Å². The molecule has 2 aromatic carbocycles. The highest BCUT2D eigenvalue weighted by Gasteiger charge is 2.14. The number of hydrogen-bond donors (Lipinski definition) is 2. The zero-order valence-electron chi connectivity index (χ0n) is 14.8. The molecule has 2 aromatic heterocycles. The van der Waals surface area contributed by atoms with Crippen LogP contribution in [0.25, 0.3) is 10.9 Å². The van der Waals surface area contributed by atoms with Gasteiger partial charge in [-0.25, -0.2) is 4.68 Å². The van der Waals surface area contributed by atoms with Crippen molar-refractivity contribution in [2.24, 2.45) is 0 Å². The lowest BCUT2D eigenvalue weighted by Gasteiger charge is -2.08. The van der Waals surface area contributed by atoms with Gasteiger partial charge in [-0.3, -0.25) is 4.79 Å². The number of amides is 1. The van der Waals surface area contributed by atoms with Crippen molar-refractivity contribution < 1.29 is 4.79 Å². The Bertz CT molecular complexity index is 1080. The number of rotatable bonds is 4. The maximum Gasteiger partial charge on any atom is 0.273 e. The number of aryl methyl sites for hydroxylation is 2. The normalized spacial score (nSPS) is 11.0. The summed E-state index contributed by atoms with van der Waals surface area (Å²) in [6.07, 6.45) is 0. The lowest BCUT2D eigenvalue weighted by Crippen LogP contribution is -2.16. The third kappa shape index (κ3) is 3.24. The molecule has 0 bridgehead atoms. The smallest absolute Gasteiger partial charge is 0.273 e. The molecule has 0 aliphatic rings. The van der Waals surface area contributed by atoms with Crippen LogP contribution in [-0.4, -0.2) is 20.7 Å². The summed E-state index contributed by atoms with van der Waals surface area (Å²) >= 11 is 0. The van der Waals surface area contributed by atoms with Crippen molar-refractivity contribution >= 4 is 22.6 Å². The molecule has 26 heavy (non-hydrogen) atoms. The summed E-state index contributed by atoms with van der Waals surface area (Å²) in [5.74, 6) is 0.513. The molecule has 0 spiro atoms. The molecule has 0 fully saturated rings. The zero-order valence-corrected chi connectivity index (χ0v) is 14.8. The first-order valence-electron chi connectivity index (χ1n) is 8.57. The van der Waals surface area contributed by atoms with Crippen LogP contribution in [0.5, 0.6) is 0 Å². The minimum Gasteiger partial charge on any atom is -0.351 e. The molecule has 5 nitrogen and oxygen atoms in total. The molecule has 2 N–H and O–H groups in total. The first kappa shape index (κ1) is 16.1. The Kier molecular flexibility index (Phi) is 4.05. The summed E-state index contributed by atoms with van der Waals surface area (Å²) < 4.78 is 1.81. The van der Waals surface area contributed by atoms with E-state index in [9.17, 15) is 4.79 Å². The van der Waals surface area contributed by atoms with Gasteiger partial charge in [0, 0.05) is 17.0 Å². The van der Waals surface area contributed by atoms with Gasteiger partial charge in [0.05, 0.1) is 12.2 Å². The van der Waals surface area contributed by atoms with Crippen molar-refractivity contribution in [3.8, 4) is 0 Å². The number of benzene rings is 2. The van der Waals surface area contributed by atoms with Crippen molar-refractivity contribution in [1.29, 1.82) is 0 Å². The minimum atomic E-state index is -0.173. The van der Waals surface area contributed by atoms with E-state index in [0.717, 1.165) is 27.7 Å². The second kappa shape index (κ2) is 6.52. The van der Waals surface area contributed by atoms with Crippen LogP contribution in [0.4, 0.5) is 5.82 Å². The van der Waals surface area contributed by atoms with Crippen molar-refractivity contribution in [2.45, 2.75) is 20.4 Å². The van der Waals surface area contributed by atoms with Gasteiger partial charge in [0.2, 0.25) is 0 Å². The standard InChI is InChI=1S/C21H20N4O/c1-14-8-9-17-12-19(22-18(17)10-14)21(26)23-20-11-15(2)24-25(20)13-16-6-4-3-5-7-16/h3-12,22H,13H2,1-2H3,(H,23,26). The summed E-state index contributed by atoms with van der Waals surface area (Å²) in [7, 11) is 0. The van der Waals surface area contributed by atoms with E-state index < -0.39 is 0 Å². The van der Waals surface area contributed by atoms with Crippen LogP contribution in [0.15, 0.2) is 60.7 Å². The molecule has 1 amide bonds. The van der Waals surface area contributed by atoms with Crippen LogP contribution in [0.2, 0.25) is 0 Å². The predicted molar refractivity (Wildman–Crippen MR) is 103 cm³/mol.